The largest absolute Gasteiger partial charge is 0.310 e. The molecule has 0 saturated heterocycles. The van der Waals surface area contributed by atoms with E-state index < -0.39 is 0 Å². The summed E-state index contributed by atoms with van der Waals surface area (Å²) in [7, 11) is 0. The number of allylic oxidation sites excluding steroid dienone is 4. The first-order valence-corrected chi connectivity index (χ1v) is 23.4. The number of rotatable bonds is 6. The second kappa shape index (κ2) is 15.4. The van der Waals surface area contributed by atoms with Crippen LogP contribution >= 0.6 is 0 Å². The zero-order chi connectivity index (χ0) is 44.6. The van der Waals surface area contributed by atoms with Gasteiger partial charge in [-0.25, -0.2) is 9.97 Å². The molecule has 0 spiro atoms. The molecule has 1 aliphatic carbocycles. The van der Waals surface area contributed by atoms with E-state index in [-0.39, 0.29) is 5.41 Å². The summed E-state index contributed by atoms with van der Waals surface area (Å²) < 4.78 is 2.42. The van der Waals surface area contributed by atoms with Crippen LogP contribution in [0.25, 0.3) is 88.5 Å². The second-order valence-corrected chi connectivity index (χ2v) is 18.5. The van der Waals surface area contributed by atoms with Gasteiger partial charge in [0.25, 0.3) is 0 Å². The highest BCUT2D eigenvalue weighted by molar-refractivity contribution is 6.22. The van der Waals surface area contributed by atoms with Gasteiger partial charge in [0.15, 0.2) is 5.82 Å². The number of fused-ring (bicyclic) bond motifs is 8. The molecule has 0 unspecified atom stereocenters. The fourth-order valence-corrected chi connectivity index (χ4v) is 10.9. The van der Waals surface area contributed by atoms with Crippen molar-refractivity contribution in [3.63, 3.8) is 0 Å². The number of hydrogen-bond acceptors (Lipinski definition) is 3. The lowest BCUT2D eigenvalue weighted by atomic mass is 9.73. The minimum absolute atomic E-state index is 0.171. The van der Waals surface area contributed by atoms with Crippen LogP contribution in [0.1, 0.15) is 43.4 Å². The van der Waals surface area contributed by atoms with Gasteiger partial charge in [0.05, 0.1) is 33.6 Å². The molecule has 318 valence electrons. The Balaban J connectivity index is 0.958. The van der Waals surface area contributed by atoms with Gasteiger partial charge in [-0.3, -0.25) is 0 Å². The maximum Gasteiger partial charge on any atom is 0.160 e. The summed E-state index contributed by atoms with van der Waals surface area (Å²) in [4.78, 5) is 13.0. The Kier molecular flexibility index (Phi) is 8.97. The fourth-order valence-electron chi connectivity index (χ4n) is 10.9. The molecule has 0 N–H and O–H groups in total. The van der Waals surface area contributed by atoms with Gasteiger partial charge in [-0.05, 0) is 118 Å². The monoisotopic (exact) mass is 858 g/mol. The highest BCUT2D eigenvalue weighted by Crippen LogP contribution is 2.53. The van der Waals surface area contributed by atoms with E-state index in [0.717, 1.165) is 63.0 Å². The Hall–Kier alpha value is -8.34. The van der Waals surface area contributed by atoms with E-state index >= 15 is 0 Å². The summed E-state index contributed by atoms with van der Waals surface area (Å²) in [5.74, 6) is 0.703. The molecule has 2 aliphatic rings. The van der Waals surface area contributed by atoms with Gasteiger partial charge in [0.2, 0.25) is 0 Å². The van der Waals surface area contributed by atoms with E-state index in [9.17, 15) is 0 Å². The molecule has 0 amide bonds. The number of aromatic nitrogens is 3. The quantitative estimate of drug-likeness (QED) is 0.167. The third-order valence-corrected chi connectivity index (χ3v) is 14.2. The summed E-state index contributed by atoms with van der Waals surface area (Å²) >= 11 is 0. The van der Waals surface area contributed by atoms with Gasteiger partial charge >= 0.3 is 0 Å². The Labute approximate surface area is 390 Å². The van der Waals surface area contributed by atoms with Gasteiger partial charge in [-0.15, -0.1) is 0 Å². The average Bonchev–Trinajstić information content (AvgIpc) is 3.73. The lowest BCUT2D eigenvalue weighted by Crippen LogP contribution is -2.30. The molecular weight excluding hydrogens is 813 g/mol. The molecule has 13 rings (SSSR count). The van der Waals surface area contributed by atoms with Crippen molar-refractivity contribution in [1.29, 1.82) is 0 Å². The van der Waals surface area contributed by atoms with Gasteiger partial charge < -0.3 is 9.47 Å². The number of para-hydroxylation sites is 3. The molecule has 0 atom stereocenters. The van der Waals surface area contributed by atoms with Crippen LogP contribution < -0.4 is 4.90 Å². The third-order valence-electron chi connectivity index (χ3n) is 14.2. The number of hydrogen-bond donors (Lipinski definition) is 0. The van der Waals surface area contributed by atoms with Crippen LogP contribution in [0.2, 0.25) is 0 Å². The van der Waals surface area contributed by atoms with Crippen LogP contribution in [0.3, 0.4) is 0 Å². The molecule has 0 fully saturated rings. The predicted molar refractivity (Wildman–Crippen MR) is 281 cm³/mol. The molecule has 4 nitrogen and oxygen atoms in total. The van der Waals surface area contributed by atoms with E-state index in [0.29, 0.717) is 5.82 Å². The standard InChI is InChI=1S/C63H46N4/c1-63(2)53-25-12-14-27-57(53)66(48-20-7-4-8-21-48)59-40-46(32-35-54(59)63)45-34-36-56-52(39-45)60-50-23-10-9-18-43(50)33-37-58(60)67(56)49-22-15-19-47(38-49)62-64-55-26-13-11-24-51(55)61(65-62)44-30-28-42(29-31-44)41-16-5-3-6-17-41/h4-5,7-40H,3,6H2,1-2H3. The second-order valence-electron chi connectivity index (χ2n) is 18.5. The SMILES string of the molecule is CC1(C)c2ccccc2N(c2ccccc2)c2cc(-c3ccc4c(c3)c3c5ccccc5ccc3n4-c3cccc(-c4nc(-c5ccc(C6=CCCC=C6)cc5)c5ccccc5n4)c3)ccc21. The molecule has 0 radical (unpaired) electrons. The zero-order valence-corrected chi connectivity index (χ0v) is 37.5. The predicted octanol–water partition coefficient (Wildman–Crippen LogP) is 16.7. The first-order chi connectivity index (χ1) is 33.0. The summed E-state index contributed by atoms with van der Waals surface area (Å²) in [6.45, 7) is 4.70. The zero-order valence-electron chi connectivity index (χ0n) is 37.5. The van der Waals surface area contributed by atoms with E-state index in [1.807, 2.05) is 0 Å². The molecular formula is C63H46N4. The van der Waals surface area contributed by atoms with Crippen LogP contribution in [0.5, 0.6) is 0 Å². The summed E-state index contributed by atoms with van der Waals surface area (Å²) in [6.07, 6.45) is 9.00. The highest BCUT2D eigenvalue weighted by Gasteiger charge is 2.37. The first kappa shape index (κ1) is 39.1. The topological polar surface area (TPSA) is 34.0 Å². The lowest BCUT2D eigenvalue weighted by molar-refractivity contribution is 0.632. The van der Waals surface area contributed by atoms with Crippen LogP contribution in [0.4, 0.5) is 17.1 Å². The van der Waals surface area contributed by atoms with Crippen molar-refractivity contribution in [2.75, 3.05) is 4.90 Å². The molecule has 1 aliphatic heterocycles. The Morgan fingerprint density at radius 1 is 0.463 bits per heavy atom. The van der Waals surface area contributed by atoms with Crippen LogP contribution in [-0.4, -0.2) is 14.5 Å². The van der Waals surface area contributed by atoms with E-state index in [1.54, 1.807) is 0 Å². The van der Waals surface area contributed by atoms with Crippen molar-refractivity contribution < 1.29 is 0 Å². The molecule has 2 aromatic heterocycles. The normalized spacial score (nSPS) is 14.1. The van der Waals surface area contributed by atoms with Gasteiger partial charge in [0.1, 0.15) is 0 Å². The Bertz CT molecular complexity index is 3830. The molecule has 0 bridgehead atoms. The van der Waals surface area contributed by atoms with Crippen LogP contribution in [0, 0.1) is 0 Å². The summed E-state index contributed by atoms with van der Waals surface area (Å²) in [6, 6.07) is 73.0. The maximum absolute atomic E-state index is 5.34. The van der Waals surface area contributed by atoms with E-state index in [4.69, 9.17) is 9.97 Å². The number of benzene rings is 9. The minimum atomic E-state index is -0.171. The van der Waals surface area contributed by atoms with Gasteiger partial charge in [-0.2, -0.15) is 0 Å². The Morgan fingerprint density at radius 3 is 2.03 bits per heavy atom. The average molecular weight is 859 g/mol. The number of nitrogens with zero attached hydrogens (tertiary/aromatic N) is 4. The fraction of sp³-hybridized carbons (Fsp3) is 0.0794. The summed E-state index contributed by atoms with van der Waals surface area (Å²) in [5.41, 5.74) is 18.2. The smallest absolute Gasteiger partial charge is 0.160 e. The molecule has 9 aromatic carbocycles. The van der Waals surface area contributed by atoms with E-state index in [1.165, 1.54) is 66.3 Å². The maximum atomic E-state index is 5.34. The van der Waals surface area contributed by atoms with Crippen molar-refractivity contribution in [2.45, 2.75) is 32.1 Å². The molecule has 11 aromatic rings. The third kappa shape index (κ3) is 6.35. The lowest BCUT2D eigenvalue weighted by Gasteiger charge is -2.42. The molecule has 3 heterocycles. The van der Waals surface area contributed by atoms with Crippen molar-refractivity contribution >= 4 is 66.1 Å². The van der Waals surface area contributed by atoms with Crippen molar-refractivity contribution in [3.05, 3.63) is 235 Å². The van der Waals surface area contributed by atoms with Gasteiger partial charge in [0, 0.05) is 44.1 Å². The van der Waals surface area contributed by atoms with Gasteiger partial charge in [-0.1, -0.05) is 172 Å². The van der Waals surface area contributed by atoms with Crippen molar-refractivity contribution in [2.24, 2.45) is 0 Å². The first-order valence-electron chi connectivity index (χ1n) is 23.4. The minimum Gasteiger partial charge on any atom is -0.310 e. The number of anilines is 3. The summed E-state index contributed by atoms with van der Waals surface area (Å²) in [5, 5.41) is 5.95. The molecule has 67 heavy (non-hydrogen) atoms. The van der Waals surface area contributed by atoms with E-state index in [2.05, 4.69) is 242 Å². The van der Waals surface area contributed by atoms with Crippen molar-refractivity contribution in [3.8, 4) is 39.5 Å². The molecule has 4 heteroatoms. The highest BCUT2D eigenvalue weighted by atomic mass is 15.2. The Morgan fingerprint density at radius 2 is 1.16 bits per heavy atom. The molecule has 0 saturated carbocycles. The van der Waals surface area contributed by atoms with Crippen LogP contribution in [-0.2, 0) is 5.41 Å². The van der Waals surface area contributed by atoms with Crippen molar-refractivity contribution in [1.82, 2.24) is 14.5 Å². The van der Waals surface area contributed by atoms with Crippen LogP contribution in [0.15, 0.2) is 218 Å².